The molecule has 2 atom stereocenters. The summed E-state index contributed by atoms with van der Waals surface area (Å²) in [6.45, 7) is 0. The van der Waals surface area contributed by atoms with E-state index in [1.54, 1.807) is 6.20 Å². The molecule has 0 aromatic carbocycles. The van der Waals surface area contributed by atoms with Gasteiger partial charge in [-0.15, -0.1) is 24.8 Å². The fourth-order valence-electron chi connectivity index (χ4n) is 3.91. The monoisotopic (exact) mass is 388 g/mol. The lowest BCUT2D eigenvalue weighted by Gasteiger charge is -2.33. The van der Waals surface area contributed by atoms with Crippen LogP contribution in [0.5, 0.6) is 0 Å². The van der Waals surface area contributed by atoms with E-state index in [2.05, 4.69) is 22.2 Å². The molecule has 7 heteroatoms. The van der Waals surface area contributed by atoms with E-state index < -0.39 is 0 Å². The molecule has 0 aliphatic heterocycles. The summed E-state index contributed by atoms with van der Waals surface area (Å²) in [5.41, 5.74) is 6.62. The average Bonchev–Trinajstić information content (AvgIpc) is 3.00. The molecule has 2 aliphatic rings. The number of nitrogens with zero attached hydrogens (tertiary/aromatic N) is 2. The number of carbonyl (C=O) groups excluding carboxylic acids is 1. The first-order valence-corrected chi connectivity index (χ1v) is 8.89. The van der Waals surface area contributed by atoms with Gasteiger partial charge in [0.1, 0.15) is 5.82 Å². The number of aromatic nitrogens is 1. The number of rotatable bonds is 4. The molecule has 3 rings (SSSR count). The molecule has 25 heavy (non-hydrogen) atoms. The van der Waals surface area contributed by atoms with Gasteiger partial charge in [-0.05, 0) is 44.2 Å². The van der Waals surface area contributed by atoms with Crippen molar-refractivity contribution < 1.29 is 4.79 Å². The molecule has 1 aromatic heterocycles. The first kappa shape index (κ1) is 22.0. The molecule has 0 saturated heterocycles. The highest BCUT2D eigenvalue weighted by Crippen LogP contribution is 2.27. The van der Waals surface area contributed by atoms with Crippen LogP contribution in [-0.4, -0.2) is 36.1 Å². The Hall–Kier alpha value is -1.04. The topological polar surface area (TPSA) is 71.2 Å². The minimum absolute atomic E-state index is 0. The van der Waals surface area contributed by atoms with E-state index in [9.17, 15) is 4.79 Å². The highest BCUT2D eigenvalue weighted by Gasteiger charge is 2.27. The van der Waals surface area contributed by atoms with Gasteiger partial charge in [-0.25, -0.2) is 4.98 Å². The van der Waals surface area contributed by atoms with Crippen LogP contribution in [0.1, 0.15) is 61.7 Å². The second kappa shape index (κ2) is 10.2. The van der Waals surface area contributed by atoms with Crippen LogP contribution in [0.15, 0.2) is 18.3 Å². The summed E-state index contributed by atoms with van der Waals surface area (Å²) in [5, 5.41) is 3.14. The van der Waals surface area contributed by atoms with Gasteiger partial charge in [0.25, 0.3) is 5.91 Å². The molecule has 2 fully saturated rings. The van der Waals surface area contributed by atoms with Crippen LogP contribution >= 0.6 is 24.8 Å². The van der Waals surface area contributed by atoms with Crippen LogP contribution < -0.4 is 16.0 Å². The maximum Gasteiger partial charge on any atom is 0.255 e. The lowest BCUT2D eigenvalue weighted by molar-refractivity contribution is 0.0938. The Bertz CT molecular complexity index is 552. The number of pyridine rings is 1. The van der Waals surface area contributed by atoms with Gasteiger partial charge in [0.2, 0.25) is 0 Å². The van der Waals surface area contributed by atoms with E-state index in [-0.39, 0.29) is 42.8 Å². The molecule has 1 heterocycles. The smallest absolute Gasteiger partial charge is 0.255 e. The van der Waals surface area contributed by atoms with Crippen LogP contribution in [0.3, 0.4) is 0 Å². The van der Waals surface area contributed by atoms with E-state index in [0.717, 1.165) is 25.1 Å². The highest BCUT2D eigenvalue weighted by atomic mass is 35.5. The Kier molecular flexibility index (Phi) is 8.97. The fraction of sp³-hybridized carbons (Fsp3) is 0.667. The first-order valence-electron chi connectivity index (χ1n) is 8.89. The van der Waals surface area contributed by atoms with E-state index in [4.69, 9.17) is 5.73 Å². The number of anilines is 1. The molecule has 0 radical (unpaired) electrons. The third kappa shape index (κ3) is 5.47. The minimum atomic E-state index is -0.0186. The Balaban J connectivity index is 0.00000156. The molecule has 1 amide bonds. The number of hydrogen-bond acceptors (Lipinski definition) is 4. The molecule has 142 valence electrons. The second-order valence-corrected chi connectivity index (χ2v) is 7.02. The maximum absolute atomic E-state index is 12.7. The second-order valence-electron chi connectivity index (χ2n) is 7.02. The van der Waals surface area contributed by atoms with Crippen molar-refractivity contribution in [2.75, 3.05) is 11.9 Å². The van der Waals surface area contributed by atoms with Crippen LogP contribution in [0.2, 0.25) is 0 Å². The van der Waals surface area contributed by atoms with Gasteiger partial charge in [-0.1, -0.05) is 19.3 Å². The van der Waals surface area contributed by atoms with E-state index >= 15 is 0 Å². The zero-order valence-electron chi connectivity index (χ0n) is 14.8. The minimum Gasteiger partial charge on any atom is -0.356 e. The summed E-state index contributed by atoms with van der Waals surface area (Å²) >= 11 is 0. The lowest BCUT2D eigenvalue weighted by Crippen LogP contribution is -2.38. The van der Waals surface area contributed by atoms with Gasteiger partial charge in [0.05, 0.1) is 5.56 Å². The number of carbonyl (C=O) groups is 1. The van der Waals surface area contributed by atoms with Gasteiger partial charge in [0, 0.05) is 31.4 Å². The van der Waals surface area contributed by atoms with Gasteiger partial charge in [-0.3, -0.25) is 4.79 Å². The summed E-state index contributed by atoms with van der Waals surface area (Å²) in [5.74, 6) is 0.786. The Morgan fingerprint density at radius 2 is 1.92 bits per heavy atom. The Morgan fingerprint density at radius 3 is 2.56 bits per heavy atom. The van der Waals surface area contributed by atoms with Crippen molar-refractivity contribution in [3.63, 3.8) is 0 Å². The van der Waals surface area contributed by atoms with Gasteiger partial charge < -0.3 is 16.0 Å². The number of amides is 1. The van der Waals surface area contributed by atoms with E-state index in [1.807, 2.05) is 12.1 Å². The number of nitrogens with one attached hydrogen (secondary N) is 1. The summed E-state index contributed by atoms with van der Waals surface area (Å²) in [6, 6.07) is 4.63. The molecule has 3 N–H and O–H groups in total. The standard InChI is InChI=1S/C18H28N4O.2ClH/c1-22(15-6-3-2-4-7-15)17-16(8-5-11-20-17)18(23)21-14-10-9-13(19)12-14;;/h5,8,11,13-15H,2-4,6-7,9-10,12,19H2,1H3,(H,21,23);2*1H/t13-,14-;;/m1../s1. The molecule has 0 spiro atoms. The van der Waals surface area contributed by atoms with Crippen molar-refractivity contribution in [1.82, 2.24) is 10.3 Å². The highest BCUT2D eigenvalue weighted by molar-refractivity contribution is 5.99. The molecular weight excluding hydrogens is 359 g/mol. The predicted molar refractivity (Wildman–Crippen MR) is 107 cm³/mol. The van der Waals surface area contributed by atoms with Gasteiger partial charge in [0.15, 0.2) is 0 Å². The summed E-state index contributed by atoms with van der Waals surface area (Å²) < 4.78 is 0. The Morgan fingerprint density at radius 1 is 1.20 bits per heavy atom. The summed E-state index contributed by atoms with van der Waals surface area (Å²) in [4.78, 5) is 19.4. The van der Waals surface area contributed by atoms with Crippen LogP contribution in [-0.2, 0) is 0 Å². The fourth-order valence-corrected chi connectivity index (χ4v) is 3.91. The summed E-state index contributed by atoms with van der Waals surface area (Å²) in [6.07, 6.45) is 10.8. The van der Waals surface area contributed by atoms with Crippen molar-refractivity contribution in [1.29, 1.82) is 0 Å². The van der Waals surface area contributed by atoms with Crippen molar-refractivity contribution >= 4 is 36.5 Å². The van der Waals surface area contributed by atoms with E-state index in [0.29, 0.717) is 11.6 Å². The quantitative estimate of drug-likeness (QED) is 0.829. The molecule has 2 saturated carbocycles. The molecule has 0 unspecified atom stereocenters. The Labute approximate surface area is 163 Å². The van der Waals surface area contributed by atoms with Crippen molar-refractivity contribution in [3.8, 4) is 0 Å². The van der Waals surface area contributed by atoms with Crippen LogP contribution in [0.25, 0.3) is 0 Å². The lowest BCUT2D eigenvalue weighted by atomic mass is 9.94. The molecule has 0 bridgehead atoms. The SMILES string of the molecule is CN(c1ncccc1C(=O)N[C@@H]1CC[C@@H](N)C1)C1CCCCC1.Cl.Cl. The largest absolute Gasteiger partial charge is 0.356 e. The molecule has 1 aromatic rings. The zero-order chi connectivity index (χ0) is 16.2. The number of hydrogen-bond donors (Lipinski definition) is 2. The third-order valence-corrected chi connectivity index (χ3v) is 5.30. The van der Waals surface area contributed by atoms with Gasteiger partial charge in [-0.2, -0.15) is 0 Å². The van der Waals surface area contributed by atoms with Crippen LogP contribution in [0, 0.1) is 0 Å². The van der Waals surface area contributed by atoms with Gasteiger partial charge >= 0.3 is 0 Å². The first-order chi connectivity index (χ1) is 11.1. The van der Waals surface area contributed by atoms with Crippen LogP contribution in [0.4, 0.5) is 5.82 Å². The summed E-state index contributed by atoms with van der Waals surface area (Å²) in [7, 11) is 2.07. The maximum atomic E-state index is 12.7. The third-order valence-electron chi connectivity index (χ3n) is 5.30. The zero-order valence-corrected chi connectivity index (χ0v) is 16.5. The molecular formula is C18H30Cl2N4O. The normalized spacial score (nSPS) is 23.3. The predicted octanol–water partition coefficient (Wildman–Crippen LogP) is 3.30. The number of nitrogens with two attached hydrogens (primary N) is 1. The number of halogens is 2. The molecule has 5 nitrogen and oxygen atoms in total. The van der Waals surface area contributed by atoms with Crippen molar-refractivity contribution in [2.24, 2.45) is 5.73 Å². The average molecular weight is 389 g/mol. The van der Waals surface area contributed by atoms with Crippen molar-refractivity contribution in [2.45, 2.75) is 69.5 Å². The van der Waals surface area contributed by atoms with Crippen molar-refractivity contribution in [3.05, 3.63) is 23.9 Å². The van der Waals surface area contributed by atoms with E-state index in [1.165, 1.54) is 32.1 Å². The molecule has 2 aliphatic carbocycles.